The second kappa shape index (κ2) is 6.91. The summed E-state index contributed by atoms with van der Waals surface area (Å²) >= 11 is 0. The average Bonchev–Trinajstić information content (AvgIpc) is 3.42. The number of rotatable bonds is 3. The fourth-order valence-electron chi connectivity index (χ4n) is 3.68. The van der Waals surface area contributed by atoms with E-state index < -0.39 is 5.82 Å². The van der Waals surface area contributed by atoms with E-state index >= 15 is 0 Å². The first-order valence-corrected chi connectivity index (χ1v) is 9.60. The van der Waals surface area contributed by atoms with E-state index in [0.29, 0.717) is 39.5 Å². The number of nitrogens with one attached hydrogen (secondary N) is 2. The van der Waals surface area contributed by atoms with Crippen molar-refractivity contribution in [2.24, 2.45) is 0 Å². The third-order valence-electron chi connectivity index (χ3n) is 5.11. The number of pyridine rings is 2. The summed E-state index contributed by atoms with van der Waals surface area (Å²) in [5, 5.41) is 17.9. The Hall–Kier alpha value is -4.73. The van der Waals surface area contributed by atoms with Gasteiger partial charge >= 0.3 is 0 Å². The Balaban J connectivity index is 1.52. The summed E-state index contributed by atoms with van der Waals surface area (Å²) in [5.74, 6) is -0.222. The standard InChI is InChI=1S/C22H13FN8O/c23-14-3-11(4-15(32)6-14)16-1-2-26-21-18(16)28-22(29-21)19-17-5-12(9-27-20(17)31-30-19)13-7-24-10-25-8-13/h1-10,32H,(H,26,28,29)(H,27,30,31). The lowest BCUT2D eigenvalue weighted by atomic mass is 10.1. The molecule has 0 saturated heterocycles. The quantitative estimate of drug-likeness (QED) is 0.393. The summed E-state index contributed by atoms with van der Waals surface area (Å²) in [4.78, 5) is 24.8. The van der Waals surface area contributed by atoms with Gasteiger partial charge in [-0.3, -0.25) is 5.10 Å². The zero-order valence-electron chi connectivity index (χ0n) is 16.3. The molecule has 5 heterocycles. The highest BCUT2D eigenvalue weighted by molar-refractivity contribution is 5.96. The Morgan fingerprint density at radius 1 is 0.875 bits per heavy atom. The molecule has 6 rings (SSSR count). The maximum atomic E-state index is 13.9. The molecule has 0 amide bonds. The smallest absolute Gasteiger partial charge is 0.161 e. The fourth-order valence-corrected chi connectivity index (χ4v) is 3.68. The lowest BCUT2D eigenvalue weighted by Crippen LogP contribution is -1.86. The van der Waals surface area contributed by atoms with Crippen molar-refractivity contribution in [3.8, 4) is 39.5 Å². The molecule has 0 fully saturated rings. The van der Waals surface area contributed by atoms with Crippen molar-refractivity contribution in [3.63, 3.8) is 0 Å². The van der Waals surface area contributed by atoms with Crippen LogP contribution in [0.3, 0.4) is 0 Å². The Labute approximate surface area is 179 Å². The monoisotopic (exact) mass is 424 g/mol. The highest BCUT2D eigenvalue weighted by atomic mass is 19.1. The molecule has 1 aromatic carbocycles. The minimum Gasteiger partial charge on any atom is -0.508 e. The van der Waals surface area contributed by atoms with Gasteiger partial charge in [-0.25, -0.2) is 29.3 Å². The number of hydrogen-bond acceptors (Lipinski definition) is 7. The first-order valence-electron chi connectivity index (χ1n) is 9.60. The van der Waals surface area contributed by atoms with Crippen LogP contribution >= 0.6 is 0 Å². The van der Waals surface area contributed by atoms with Crippen LogP contribution < -0.4 is 0 Å². The second-order valence-electron chi connectivity index (χ2n) is 7.16. The van der Waals surface area contributed by atoms with E-state index in [4.69, 9.17) is 0 Å². The summed E-state index contributed by atoms with van der Waals surface area (Å²) in [6.45, 7) is 0. The SMILES string of the molecule is Oc1cc(F)cc(-c2ccnc3[nH]c(-c4n[nH]c5ncc(-c6cncnc6)cc45)nc23)c1. The van der Waals surface area contributed by atoms with E-state index in [9.17, 15) is 9.50 Å². The van der Waals surface area contributed by atoms with Crippen LogP contribution in [0.4, 0.5) is 4.39 Å². The molecule has 0 aliphatic rings. The lowest BCUT2D eigenvalue weighted by molar-refractivity contribution is 0.469. The van der Waals surface area contributed by atoms with Crippen LogP contribution in [0, 0.1) is 5.82 Å². The van der Waals surface area contributed by atoms with E-state index in [0.717, 1.165) is 22.6 Å². The minimum absolute atomic E-state index is 0.164. The largest absolute Gasteiger partial charge is 0.508 e. The van der Waals surface area contributed by atoms with Gasteiger partial charge in [-0.1, -0.05) is 0 Å². The third kappa shape index (κ3) is 2.93. The topological polar surface area (TPSA) is 129 Å². The van der Waals surface area contributed by atoms with Gasteiger partial charge in [0.2, 0.25) is 0 Å². The number of aromatic hydroxyl groups is 1. The van der Waals surface area contributed by atoms with E-state index in [1.165, 1.54) is 18.5 Å². The molecule has 0 unspecified atom stereocenters. The van der Waals surface area contributed by atoms with Crippen LogP contribution in [0.1, 0.15) is 0 Å². The zero-order valence-corrected chi connectivity index (χ0v) is 16.3. The van der Waals surface area contributed by atoms with Gasteiger partial charge in [-0.2, -0.15) is 5.10 Å². The van der Waals surface area contributed by atoms with Crippen molar-refractivity contribution in [1.82, 2.24) is 40.1 Å². The van der Waals surface area contributed by atoms with E-state index in [1.807, 2.05) is 6.07 Å². The van der Waals surface area contributed by atoms with Gasteiger partial charge in [0.05, 0.1) is 5.39 Å². The number of phenolic OH excluding ortho intramolecular Hbond substituents is 1. The van der Waals surface area contributed by atoms with Crippen LogP contribution in [-0.4, -0.2) is 45.2 Å². The maximum absolute atomic E-state index is 13.9. The number of H-pyrrole nitrogens is 2. The molecule has 10 heteroatoms. The molecule has 6 aromatic rings. The molecule has 0 spiro atoms. The van der Waals surface area contributed by atoms with Crippen molar-refractivity contribution >= 4 is 22.2 Å². The molecular weight excluding hydrogens is 411 g/mol. The van der Waals surface area contributed by atoms with Crippen LogP contribution in [0.15, 0.2) is 61.4 Å². The lowest BCUT2D eigenvalue weighted by Gasteiger charge is -2.03. The number of aromatic nitrogens is 8. The van der Waals surface area contributed by atoms with Gasteiger partial charge in [-0.05, 0) is 29.8 Å². The highest BCUT2D eigenvalue weighted by Gasteiger charge is 2.17. The Morgan fingerprint density at radius 3 is 2.59 bits per heavy atom. The first kappa shape index (κ1) is 18.1. The number of hydrogen-bond donors (Lipinski definition) is 3. The van der Waals surface area contributed by atoms with E-state index in [-0.39, 0.29) is 5.75 Å². The van der Waals surface area contributed by atoms with Gasteiger partial charge in [0.1, 0.15) is 29.1 Å². The Kier molecular flexibility index (Phi) is 3.90. The molecule has 0 saturated carbocycles. The van der Waals surface area contributed by atoms with E-state index in [2.05, 4.69) is 40.1 Å². The molecule has 5 aromatic heterocycles. The van der Waals surface area contributed by atoms with Crippen molar-refractivity contribution < 1.29 is 9.50 Å². The molecular formula is C22H13FN8O. The van der Waals surface area contributed by atoms with Gasteiger partial charge in [0, 0.05) is 47.5 Å². The number of aromatic amines is 2. The molecule has 32 heavy (non-hydrogen) atoms. The number of fused-ring (bicyclic) bond motifs is 2. The summed E-state index contributed by atoms with van der Waals surface area (Å²) in [6.07, 6.45) is 8.20. The third-order valence-corrected chi connectivity index (χ3v) is 5.11. The number of halogens is 1. The Bertz CT molecular complexity index is 1590. The van der Waals surface area contributed by atoms with Gasteiger partial charge in [0.25, 0.3) is 0 Å². The van der Waals surface area contributed by atoms with Crippen LogP contribution in [0.25, 0.3) is 56.0 Å². The number of phenols is 1. The predicted molar refractivity (Wildman–Crippen MR) is 115 cm³/mol. The molecule has 0 atom stereocenters. The van der Waals surface area contributed by atoms with Crippen molar-refractivity contribution in [3.05, 3.63) is 67.3 Å². The second-order valence-corrected chi connectivity index (χ2v) is 7.16. The summed E-state index contributed by atoms with van der Waals surface area (Å²) < 4.78 is 13.9. The van der Waals surface area contributed by atoms with Gasteiger partial charge in [-0.15, -0.1) is 0 Å². The number of benzene rings is 1. The van der Waals surface area contributed by atoms with Crippen molar-refractivity contribution in [2.45, 2.75) is 0 Å². The molecule has 0 radical (unpaired) electrons. The van der Waals surface area contributed by atoms with Crippen LogP contribution in [0.2, 0.25) is 0 Å². The Morgan fingerprint density at radius 2 is 1.75 bits per heavy atom. The van der Waals surface area contributed by atoms with Gasteiger partial charge < -0.3 is 10.1 Å². The minimum atomic E-state index is -0.539. The van der Waals surface area contributed by atoms with Crippen molar-refractivity contribution in [1.29, 1.82) is 0 Å². The molecule has 9 nitrogen and oxygen atoms in total. The summed E-state index contributed by atoms with van der Waals surface area (Å²) in [7, 11) is 0. The van der Waals surface area contributed by atoms with Crippen LogP contribution in [0.5, 0.6) is 5.75 Å². The number of imidazole rings is 1. The van der Waals surface area contributed by atoms with Gasteiger partial charge in [0.15, 0.2) is 17.1 Å². The molecule has 0 aliphatic carbocycles. The normalized spacial score (nSPS) is 11.4. The molecule has 3 N–H and O–H groups in total. The predicted octanol–water partition coefficient (Wildman–Crippen LogP) is 3.86. The zero-order chi connectivity index (χ0) is 21.7. The summed E-state index contributed by atoms with van der Waals surface area (Å²) in [6, 6.07) is 7.53. The van der Waals surface area contributed by atoms with Crippen LogP contribution in [-0.2, 0) is 0 Å². The number of nitrogens with zero attached hydrogens (tertiary/aromatic N) is 6. The molecule has 154 valence electrons. The molecule has 0 aliphatic heterocycles. The highest BCUT2D eigenvalue weighted by Crippen LogP contribution is 2.33. The molecule has 0 bridgehead atoms. The first-order chi connectivity index (χ1) is 15.7. The maximum Gasteiger partial charge on any atom is 0.161 e. The van der Waals surface area contributed by atoms with Crippen molar-refractivity contribution in [2.75, 3.05) is 0 Å². The fraction of sp³-hybridized carbons (Fsp3) is 0. The van der Waals surface area contributed by atoms with E-state index in [1.54, 1.807) is 30.9 Å². The summed E-state index contributed by atoms with van der Waals surface area (Å²) in [5.41, 5.74) is 5.00. The average molecular weight is 424 g/mol.